The minimum atomic E-state index is -4.10. The van der Waals surface area contributed by atoms with Crippen molar-refractivity contribution in [1.82, 2.24) is 9.62 Å². The predicted molar refractivity (Wildman–Crippen MR) is 93.7 cm³/mol. The second-order valence-electron chi connectivity index (χ2n) is 7.64. The Morgan fingerprint density at radius 3 is 2.35 bits per heavy atom. The van der Waals surface area contributed by atoms with Gasteiger partial charge in [-0.15, -0.1) is 0 Å². The number of halogens is 2. The minimum absolute atomic E-state index is 0.164. The van der Waals surface area contributed by atoms with Crippen LogP contribution in [0.2, 0.25) is 0 Å². The standard InChI is InChI=1S/C17H25F2N3O3S/c1-17(2,3)15(20)16(23)22-8-6-12(7-9-22)21-26(24,25)14-5-4-11(18)10-13(14)19/h4-5,10,12,15,21H,6-9,20H2,1-3H3. The fraction of sp³-hybridized carbons (Fsp3) is 0.588. The number of benzene rings is 1. The van der Waals surface area contributed by atoms with E-state index in [2.05, 4.69) is 4.72 Å². The third kappa shape index (κ3) is 4.77. The summed E-state index contributed by atoms with van der Waals surface area (Å²) in [7, 11) is -4.10. The van der Waals surface area contributed by atoms with Crippen LogP contribution in [0, 0.1) is 17.0 Å². The summed E-state index contributed by atoms with van der Waals surface area (Å²) in [6.07, 6.45) is 0.787. The largest absolute Gasteiger partial charge is 0.341 e. The van der Waals surface area contributed by atoms with Gasteiger partial charge >= 0.3 is 0 Å². The van der Waals surface area contributed by atoms with Crippen LogP contribution in [0.1, 0.15) is 33.6 Å². The van der Waals surface area contributed by atoms with E-state index < -0.39 is 38.6 Å². The zero-order valence-electron chi connectivity index (χ0n) is 15.1. The molecular formula is C17H25F2N3O3S. The fourth-order valence-corrected chi connectivity index (χ4v) is 4.13. The summed E-state index contributed by atoms with van der Waals surface area (Å²) < 4.78 is 53.8. The van der Waals surface area contributed by atoms with Gasteiger partial charge in [-0.05, 0) is 30.4 Å². The van der Waals surface area contributed by atoms with Crippen molar-refractivity contribution < 1.29 is 22.0 Å². The molecule has 1 aliphatic heterocycles. The SMILES string of the molecule is CC(C)(C)C(N)C(=O)N1CCC(NS(=O)(=O)c2ccc(F)cc2F)CC1. The first-order valence-electron chi connectivity index (χ1n) is 8.43. The molecule has 1 amide bonds. The third-order valence-corrected chi connectivity index (χ3v) is 6.06. The number of hydrogen-bond donors (Lipinski definition) is 2. The quantitative estimate of drug-likeness (QED) is 0.818. The van der Waals surface area contributed by atoms with Crippen LogP contribution < -0.4 is 10.5 Å². The van der Waals surface area contributed by atoms with E-state index in [1.54, 1.807) is 4.90 Å². The number of amides is 1. The maximum atomic E-state index is 13.7. The van der Waals surface area contributed by atoms with Crippen LogP contribution in [0.3, 0.4) is 0 Å². The van der Waals surface area contributed by atoms with E-state index in [-0.39, 0.29) is 11.3 Å². The number of nitrogens with one attached hydrogen (secondary N) is 1. The zero-order chi connectivity index (χ0) is 19.7. The van der Waals surface area contributed by atoms with Gasteiger partial charge in [0.15, 0.2) is 0 Å². The molecule has 1 aromatic rings. The average molecular weight is 389 g/mol. The molecule has 3 N–H and O–H groups in total. The van der Waals surface area contributed by atoms with Crippen molar-refractivity contribution >= 4 is 15.9 Å². The molecule has 26 heavy (non-hydrogen) atoms. The summed E-state index contributed by atoms with van der Waals surface area (Å²) in [4.78, 5) is 13.4. The Kier molecular flexibility index (Phi) is 6.04. The molecule has 0 radical (unpaired) electrons. The Labute approximate surface area is 152 Å². The monoisotopic (exact) mass is 389 g/mol. The second kappa shape index (κ2) is 7.58. The first kappa shape index (κ1) is 20.7. The van der Waals surface area contributed by atoms with Gasteiger partial charge < -0.3 is 10.6 Å². The van der Waals surface area contributed by atoms with Crippen molar-refractivity contribution in [2.45, 2.75) is 50.6 Å². The molecule has 0 saturated carbocycles. The first-order chi connectivity index (χ1) is 11.9. The van der Waals surface area contributed by atoms with Crippen molar-refractivity contribution in [3.8, 4) is 0 Å². The summed E-state index contributed by atoms with van der Waals surface area (Å²) in [6.45, 7) is 6.37. The number of nitrogens with zero attached hydrogens (tertiary/aromatic N) is 1. The number of rotatable bonds is 4. The number of carbonyl (C=O) groups is 1. The molecule has 2 rings (SSSR count). The number of carbonyl (C=O) groups excluding carboxylic acids is 1. The van der Waals surface area contributed by atoms with E-state index in [0.717, 1.165) is 12.1 Å². The zero-order valence-corrected chi connectivity index (χ0v) is 15.9. The number of piperidine rings is 1. The van der Waals surface area contributed by atoms with Crippen LogP contribution in [0.5, 0.6) is 0 Å². The molecule has 1 unspecified atom stereocenters. The maximum absolute atomic E-state index is 13.7. The lowest BCUT2D eigenvalue weighted by molar-refractivity contribution is -0.136. The van der Waals surface area contributed by atoms with Crippen molar-refractivity contribution in [1.29, 1.82) is 0 Å². The van der Waals surface area contributed by atoms with Crippen molar-refractivity contribution in [2.24, 2.45) is 11.1 Å². The summed E-state index contributed by atoms with van der Waals surface area (Å²) in [5, 5.41) is 0. The van der Waals surface area contributed by atoms with Gasteiger partial charge in [-0.1, -0.05) is 20.8 Å². The van der Waals surface area contributed by atoms with Gasteiger partial charge in [-0.3, -0.25) is 4.79 Å². The van der Waals surface area contributed by atoms with E-state index in [1.807, 2.05) is 20.8 Å². The van der Waals surface area contributed by atoms with Gasteiger partial charge in [0.1, 0.15) is 16.5 Å². The summed E-state index contributed by atoms with van der Waals surface area (Å²) >= 11 is 0. The van der Waals surface area contributed by atoms with E-state index in [0.29, 0.717) is 32.0 Å². The summed E-state index contributed by atoms with van der Waals surface area (Å²) in [6, 6.07) is 1.26. The highest BCUT2D eigenvalue weighted by Crippen LogP contribution is 2.22. The predicted octanol–water partition coefficient (Wildman–Crippen LogP) is 1.61. The molecule has 1 aromatic carbocycles. The van der Waals surface area contributed by atoms with Crippen LogP contribution in [0.4, 0.5) is 8.78 Å². The molecule has 0 bridgehead atoms. The van der Waals surface area contributed by atoms with E-state index in [9.17, 15) is 22.0 Å². The summed E-state index contributed by atoms with van der Waals surface area (Å²) in [5.74, 6) is -2.15. The van der Waals surface area contributed by atoms with Crippen LogP contribution in [0.15, 0.2) is 23.1 Å². The van der Waals surface area contributed by atoms with Gasteiger partial charge in [0.05, 0.1) is 6.04 Å². The summed E-state index contributed by atoms with van der Waals surface area (Å²) in [5.41, 5.74) is 5.63. The maximum Gasteiger partial charge on any atom is 0.243 e. The van der Waals surface area contributed by atoms with Crippen LogP contribution in [-0.4, -0.2) is 44.4 Å². The van der Waals surface area contributed by atoms with Gasteiger partial charge in [-0.25, -0.2) is 21.9 Å². The second-order valence-corrected chi connectivity index (χ2v) is 9.32. The number of nitrogens with two attached hydrogens (primary N) is 1. The minimum Gasteiger partial charge on any atom is -0.341 e. The van der Waals surface area contributed by atoms with E-state index >= 15 is 0 Å². The lowest BCUT2D eigenvalue weighted by atomic mass is 9.86. The fourth-order valence-electron chi connectivity index (χ4n) is 2.76. The molecule has 0 aromatic heterocycles. The van der Waals surface area contributed by atoms with Crippen LogP contribution in [-0.2, 0) is 14.8 Å². The van der Waals surface area contributed by atoms with Gasteiger partial charge in [0.2, 0.25) is 15.9 Å². The molecule has 1 saturated heterocycles. The Morgan fingerprint density at radius 1 is 1.27 bits per heavy atom. The highest BCUT2D eigenvalue weighted by Gasteiger charge is 2.34. The lowest BCUT2D eigenvalue weighted by Crippen LogP contribution is -2.54. The molecule has 1 atom stereocenters. The molecule has 6 nitrogen and oxygen atoms in total. The van der Waals surface area contributed by atoms with Crippen molar-refractivity contribution in [2.75, 3.05) is 13.1 Å². The Morgan fingerprint density at radius 2 is 1.85 bits per heavy atom. The number of sulfonamides is 1. The van der Waals surface area contributed by atoms with Gasteiger partial charge in [0, 0.05) is 25.2 Å². The van der Waals surface area contributed by atoms with Crippen molar-refractivity contribution in [3.05, 3.63) is 29.8 Å². The molecule has 0 aliphatic carbocycles. The Hall–Kier alpha value is -1.58. The smallest absolute Gasteiger partial charge is 0.243 e. The molecule has 9 heteroatoms. The molecule has 1 heterocycles. The molecule has 1 aliphatic rings. The first-order valence-corrected chi connectivity index (χ1v) is 9.92. The van der Waals surface area contributed by atoms with Gasteiger partial charge in [-0.2, -0.15) is 0 Å². The third-order valence-electron chi connectivity index (χ3n) is 4.51. The van der Waals surface area contributed by atoms with Crippen LogP contribution >= 0.6 is 0 Å². The Balaban J connectivity index is 1.99. The lowest BCUT2D eigenvalue weighted by Gasteiger charge is -2.36. The average Bonchev–Trinajstić information content (AvgIpc) is 2.52. The van der Waals surface area contributed by atoms with E-state index in [1.165, 1.54) is 0 Å². The normalized spacial score (nSPS) is 18.0. The van der Waals surface area contributed by atoms with Crippen molar-refractivity contribution in [3.63, 3.8) is 0 Å². The molecule has 146 valence electrons. The molecule has 1 fully saturated rings. The van der Waals surface area contributed by atoms with E-state index in [4.69, 9.17) is 5.73 Å². The molecule has 0 spiro atoms. The topological polar surface area (TPSA) is 92.5 Å². The highest BCUT2D eigenvalue weighted by molar-refractivity contribution is 7.89. The number of likely N-dealkylation sites (tertiary alicyclic amines) is 1. The highest BCUT2D eigenvalue weighted by atomic mass is 32.2. The number of hydrogen-bond acceptors (Lipinski definition) is 4. The Bertz CT molecular complexity index is 770. The molecular weight excluding hydrogens is 364 g/mol. The van der Waals surface area contributed by atoms with Crippen LogP contribution in [0.25, 0.3) is 0 Å². The van der Waals surface area contributed by atoms with Gasteiger partial charge in [0.25, 0.3) is 0 Å².